The fraction of sp³-hybridized carbons (Fsp3) is 0.762. The Morgan fingerprint density at radius 3 is 2.48 bits per heavy atom. The van der Waals surface area contributed by atoms with E-state index in [0.717, 1.165) is 31.5 Å². The van der Waals surface area contributed by atoms with Gasteiger partial charge in [-0.3, -0.25) is 9.80 Å². The highest BCUT2D eigenvalue weighted by Crippen LogP contribution is 2.56. The number of carbonyl (C=O) groups excluding carboxylic acids is 1. The fourth-order valence-electron chi connectivity index (χ4n) is 5.01. The molecular weight excluding hydrogens is 340 g/mol. The number of hydrogen-bond acceptors (Lipinski definition) is 5. The molecule has 6 nitrogen and oxygen atoms in total. The summed E-state index contributed by atoms with van der Waals surface area (Å²) < 4.78 is 0. The third-order valence-corrected chi connectivity index (χ3v) is 6.52. The molecule has 0 bridgehead atoms. The summed E-state index contributed by atoms with van der Waals surface area (Å²) in [5, 5.41) is 11.4. The fourth-order valence-corrected chi connectivity index (χ4v) is 5.01. The Hall–Kier alpha value is -1.85. The average molecular weight is 373 g/mol. The van der Waals surface area contributed by atoms with Crippen molar-refractivity contribution < 1.29 is 9.63 Å². The maximum atomic E-state index is 11.2. The lowest BCUT2D eigenvalue weighted by Crippen LogP contribution is -2.40. The lowest BCUT2D eigenvalue weighted by molar-refractivity contribution is -0.0184. The Labute approximate surface area is 161 Å². The molecule has 1 aromatic rings. The van der Waals surface area contributed by atoms with Crippen molar-refractivity contribution in [1.82, 2.24) is 9.89 Å². The summed E-state index contributed by atoms with van der Waals surface area (Å²) in [7, 11) is 0. The zero-order valence-electron chi connectivity index (χ0n) is 17.3. The highest BCUT2D eigenvalue weighted by atomic mass is 16.7. The van der Waals surface area contributed by atoms with Crippen molar-refractivity contribution in [2.45, 2.75) is 59.5 Å². The van der Waals surface area contributed by atoms with Crippen LogP contribution in [-0.2, 0) is 4.84 Å². The number of aldehydes is 1. The molecule has 3 aliphatic rings. The first-order chi connectivity index (χ1) is 12.7. The van der Waals surface area contributed by atoms with E-state index in [1.165, 1.54) is 5.71 Å². The van der Waals surface area contributed by atoms with Crippen molar-refractivity contribution in [2.75, 3.05) is 18.1 Å². The zero-order valence-corrected chi connectivity index (χ0v) is 17.3. The smallest absolute Gasteiger partial charge is 0.170 e. The van der Waals surface area contributed by atoms with Crippen molar-refractivity contribution in [1.29, 1.82) is 0 Å². The van der Waals surface area contributed by atoms with E-state index in [4.69, 9.17) is 4.84 Å². The molecule has 6 heteroatoms. The van der Waals surface area contributed by atoms with Crippen LogP contribution in [0.4, 0.5) is 0 Å². The van der Waals surface area contributed by atoms with Gasteiger partial charge >= 0.3 is 0 Å². The standard InChI is InChI=1S/C21H32N4O2/c1-12(2)7-17-20(23-27-21(17,5)6)19-15-9-24(10-16(15)19)25-18(13(3)4)8-14(11-26)22-25/h8,11-13,15-17,19H,7,9-10H2,1-6H3. The highest BCUT2D eigenvalue weighted by molar-refractivity contribution is 5.93. The predicted octanol–water partition coefficient (Wildman–Crippen LogP) is 3.46. The molecule has 3 atom stereocenters. The highest BCUT2D eigenvalue weighted by Gasteiger charge is 2.62. The van der Waals surface area contributed by atoms with Crippen molar-refractivity contribution >= 4 is 12.0 Å². The van der Waals surface area contributed by atoms with Crippen molar-refractivity contribution in [2.24, 2.45) is 34.7 Å². The minimum absolute atomic E-state index is 0.193. The molecular formula is C21H32N4O2. The summed E-state index contributed by atoms with van der Waals surface area (Å²) in [5.74, 6) is 3.19. The van der Waals surface area contributed by atoms with Crippen molar-refractivity contribution in [3.8, 4) is 0 Å². The monoisotopic (exact) mass is 372 g/mol. The molecule has 4 rings (SSSR count). The molecule has 0 spiro atoms. The van der Waals surface area contributed by atoms with Gasteiger partial charge in [-0.05, 0) is 50.0 Å². The van der Waals surface area contributed by atoms with Gasteiger partial charge in [-0.1, -0.05) is 32.9 Å². The van der Waals surface area contributed by atoms with Crippen LogP contribution in [0.25, 0.3) is 0 Å². The van der Waals surface area contributed by atoms with E-state index in [0.29, 0.717) is 41.2 Å². The molecule has 148 valence electrons. The van der Waals surface area contributed by atoms with E-state index in [1.54, 1.807) is 0 Å². The first kappa shape index (κ1) is 18.5. The molecule has 27 heavy (non-hydrogen) atoms. The third kappa shape index (κ3) is 3.07. The van der Waals surface area contributed by atoms with E-state index in [9.17, 15) is 4.79 Å². The van der Waals surface area contributed by atoms with E-state index >= 15 is 0 Å². The Morgan fingerprint density at radius 2 is 1.93 bits per heavy atom. The summed E-state index contributed by atoms with van der Waals surface area (Å²) in [5.41, 5.74) is 2.72. The quantitative estimate of drug-likeness (QED) is 0.718. The molecule has 2 aliphatic heterocycles. The normalized spacial score (nSPS) is 31.3. The van der Waals surface area contributed by atoms with Crippen LogP contribution in [0.3, 0.4) is 0 Å². The molecule has 0 amide bonds. The number of nitrogens with zero attached hydrogens (tertiary/aromatic N) is 4. The van der Waals surface area contributed by atoms with Gasteiger partial charge in [-0.2, -0.15) is 4.79 Å². The largest absolute Gasteiger partial charge is 0.389 e. The van der Waals surface area contributed by atoms with Crippen LogP contribution in [0, 0.1) is 29.6 Å². The van der Waals surface area contributed by atoms with Gasteiger partial charge in [0.1, 0.15) is 11.3 Å². The number of oxime groups is 1. The summed E-state index contributed by atoms with van der Waals surface area (Å²) in [6.45, 7) is 15.1. The Morgan fingerprint density at radius 1 is 1.26 bits per heavy atom. The lowest BCUT2D eigenvalue weighted by Gasteiger charge is -2.28. The maximum Gasteiger partial charge on any atom is 0.170 e. The predicted molar refractivity (Wildman–Crippen MR) is 106 cm³/mol. The Bertz CT molecular complexity index is 752. The maximum absolute atomic E-state index is 11.2. The second kappa shape index (κ2) is 6.35. The topological polar surface area (TPSA) is 59.7 Å². The number of rotatable bonds is 6. The van der Waals surface area contributed by atoms with Crippen LogP contribution in [0.1, 0.15) is 70.1 Å². The van der Waals surface area contributed by atoms with Crippen LogP contribution in [0.5, 0.6) is 0 Å². The summed E-state index contributed by atoms with van der Waals surface area (Å²) >= 11 is 0. The average Bonchev–Trinajstić information content (AvgIpc) is 2.99. The number of hydrogen-bond donors (Lipinski definition) is 0. The Kier molecular flexibility index (Phi) is 4.35. The van der Waals surface area contributed by atoms with Crippen LogP contribution in [0.15, 0.2) is 11.2 Å². The van der Waals surface area contributed by atoms with E-state index in [-0.39, 0.29) is 5.60 Å². The molecule has 3 heterocycles. The minimum Gasteiger partial charge on any atom is -0.389 e. The third-order valence-electron chi connectivity index (χ3n) is 6.52. The van der Waals surface area contributed by atoms with Crippen LogP contribution in [0.2, 0.25) is 0 Å². The van der Waals surface area contributed by atoms with Gasteiger partial charge < -0.3 is 4.84 Å². The minimum atomic E-state index is -0.193. The van der Waals surface area contributed by atoms with Crippen LogP contribution >= 0.6 is 0 Å². The molecule has 2 fully saturated rings. The van der Waals surface area contributed by atoms with Crippen LogP contribution in [-0.4, -0.2) is 40.6 Å². The van der Waals surface area contributed by atoms with E-state index < -0.39 is 0 Å². The molecule has 3 unspecified atom stereocenters. The molecule has 1 aromatic heterocycles. The van der Waals surface area contributed by atoms with E-state index in [1.807, 2.05) is 10.9 Å². The zero-order chi connectivity index (χ0) is 19.5. The second-order valence-electron chi connectivity index (χ2n) is 9.77. The summed E-state index contributed by atoms with van der Waals surface area (Å²) in [6.07, 6.45) is 1.97. The van der Waals surface area contributed by atoms with Gasteiger partial charge in [0.15, 0.2) is 6.29 Å². The molecule has 1 aliphatic carbocycles. The molecule has 1 saturated carbocycles. The van der Waals surface area contributed by atoms with Gasteiger partial charge in [0.2, 0.25) is 0 Å². The number of piperidine rings is 1. The molecule has 0 radical (unpaired) electrons. The summed E-state index contributed by atoms with van der Waals surface area (Å²) in [4.78, 5) is 19.0. The van der Waals surface area contributed by atoms with Gasteiger partial charge in [0.05, 0.1) is 11.4 Å². The summed E-state index contributed by atoms with van der Waals surface area (Å²) in [6, 6.07) is 1.91. The molecule has 0 aromatic carbocycles. The van der Waals surface area contributed by atoms with Crippen molar-refractivity contribution in [3.05, 3.63) is 17.5 Å². The first-order valence-corrected chi connectivity index (χ1v) is 10.3. The van der Waals surface area contributed by atoms with Gasteiger partial charge in [0, 0.05) is 24.9 Å². The van der Waals surface area contributed by atoms with Crippen molar-refractivity contribution in [3.63, 3.8) is 0 Å². The van der Waals surface area contributed by atoms with Gasteiger partial charge in [-0.15, -0.1) is 5.10 Å². The second-order valence-corrected chi connectivity index (χ2v) is 9.77. The molecule has 0 N–H and O–H groups in total. The first-order valence-electron chi connectivity index (χ1n) is 10.3. The Balaban J connectivity index is 1.48. The van der Waals surface area contributed by atoms with Gasteiger partial charge in [-0.25, -0.2) is 0 Å². The lowest BCUT2D eigenvalue weighted by atomic mass is 9.79. The van der Waals surface area contributed by atoms with Crippen LogP contribution < -0.4 is 5.01 Å². The number of carbonyl (C=O) groups is 1. The number of aromatic nitrogens is 2. The van der Waals surface area contributed by atoms with Gasteiger partial charge in [0.25, 0.3) is 0 Å². The SMILES string of the molecule is CC(C)CC1C(C2C3CN(n4nc(C=O)cc4C(C)C)CC32)=NOC1(C)C. The number of fused-ring (bicyclic) bond motifs is 1. The van der Waals surface area contributed by atoms with E-state index in [2.05, 4.69) is 56.8 Å². The molecule has 1 saturated heterocycles.